The van der Waals surface area contributed by atoms with Crippen molar-refractivity contribution < 1.29 is 14.7 Å². The zero-order valence-electron chi connectivity index (χ0n) is 12.1. The highest BCUT2D eigenvalue weighted by molar-refractivity contribution is 5.78. The van der Waals surface area contributed by atoms with E-state index in [0.29, 0.717) is 13.0 Å². The molecule has 0 heterocycles. The smallest absolute Gasteiger partial charge is 0.303 e. The summed E-state index contributed by atoms with van der Waals surface area (Å²) in [6, 6.07) is 0. The van der Waals surface area contributed by atoms with Crippen LogP contribution in [0.1, 0.15) is 51.9 Å². The normalized spacial score (nSPS) is 17.8. The van der Waals surface area contributed by atoms with Crippen LogP contribution < -0.4 is 0 Å². The molecule has 4 nitrogen and oxygen atoms in total. The lowest BCUT2D eigenvalue weighted by molar-refractivity contribution is -0.142. The molecular weight excluding hydrogens is 242 g/mol. The van der Waals surface area contributed by atoms with E-state index in [2.05, 4.69) is 6.58 Å². The molecular formula is C15H25NO3. The van der Waals surface area contributed by atoms with Crippen LogP contribution in [0.15, 0.2) is 12.2 Å². The standard InChI is InChI=1S/C15H25NO3/c1-12(2)11-16(3)13(17)9-15(10-14(18)19)7-5-4-6-8-15/h1,4-11H2,2-3H3,(H,18,19). The number of rotatable bonds is 6. The van der Waals surface area contributed by atoms with Crippen molar-refractivity contribution in [3.63, 3.8) is 0 Å². The Bertz CT molecular complexity index is 356. The molecule has 0 saturated heterocycles. The van der Waals surface area contributed by atoms with E-state index >= 15 is 0 Å². The lowest BCUT2D eigenvalue weighted by atomic mass is 9.69. The van der Waals surface area contributed by atoms with Crippen molar-refractivity contribution in [2.75, 3.05) is 13.6 Å². The van der Waals surface area contributed by atoms with Gasteiger partial charge in [0.2, 0.25) is 5.91 Å². The van der Waals surface area contributed by atoms with Crippen molar-refractivity contribution >= 4 is 11.9 Å². The van der Waals surface area contributed by atoms with Gasteiger partial charge in [0.05, 0.1) is 6.42 Å². The van der Waals surface area contributed by atoms with Gasteiger partial charge in [-0.3, -0.25) is 9.59 Å². The number of nitrogens with zero attached hydrogens (tertiary/aromatic N) is 1. The molecule has 0 aromatic rings. The number of hydrogen-bond acceptors (Lipinski definition) is 2. The zero-order valence-corrected chi connectivity index (χ0v) is 12.1. The zero-order chi connectivity index (χ0) is 14.5. The van der Waals surface area contributed by atoms with E-state index in [1.165, 1.54) is 0 Å². The Morgan fingerprint density at radius 2 is 1.79 bits per heavy atom. The maximum Gasteiger partial charge on any atom is 0.303 e. The van der Waals surface area contributed by atoms with E-state index < -0.39 is 5.97 Å². The van der Waals surface area contributed by atoms with E-state index in [-0.39, 0.29) is 17.7 Å². The van der Waals surface area contributed by atoms with Crippen LogP contribution in [0.2, 0.25) is 0 Å². The minimum Gasteiger partial charge on any atom is -0.481 e. The molecule has 1 fully saturated rings. The van der Waals surface area contributed by atoms with Gasteiger partial charge < -0.3 is 10.0 Å². The largest absolute Gasteiger partial charge is 0.481 e. The molecule has 1 N–H and O–H groups in total. The van der Waals surface area contributed by atoms with E-state index in [4.69, 9.17) is 5.11 Å². The van der Waals surface area contributed by atoms with E-state index in [1.54, 1.807) is 11.9 Å². The minimum atomic E-state index is -0.794. The number of carbonyl (C=O) groups is 2. The van der Waals surface area contributed by atoms with Gasteiger partial charge in [-0.1, -0.05) is 31.4 Å². The average molecular weight is 267 g/mol. The molecule has 0 atom stereocenters. The van der Waals surface area contributed by atoms with Gasteiger partial charge in [-0.05, 0) is 25.2 Å². The molecule has 0 radical (unpaired) electrons. The van der Waals surface area contributed by atoms with Crippen LogP contribution in [0, 0.1) is 5.41 Å². The topological polar surface area (TPSA) is 57.6 Å². The summed E-state index contributed by atoms with van der Waals surface area (Å²) in [5.74, 6) is -0.761. The van der Waals surface area contributed by atoms with Gasteiger partial charge in [0, 0.05) is 20.0 Å². The first-order valence-corrected chi connectivity index (χ1v) is 6.95. The second-order valence-electron chi connectivity index (χ2n) is 6.01. The van der Waals surface area contributed by atoms with Crippen molar-refractivity contribution in [3.8, 4) is 0 Å². The Morgan fingerprint density at radius 1 is 1.21 bits per heavy atom. The fraction of sp³-hybridized carbons (Fsp3) is 0.733. The molecule has 0 aromatic heterocycles. The third kappa shape index (κ3) is 5.05. The number of amides is 1. The molecule has 1 aliphatic carbocycles. The monoisotopic (exact) mass is 267 g/mol. The third-order valence-corrected chi connectivity index (χ3v) is 3.90. The first-order valence-electron chi connectivity index (χ1n) is 6.95. The van der Waals surface area contributed by atoms with Crippen molar-refractivity contribution in [2.24, 2.45) is 5.41 Å². The second-order valence-corrected chi connectivity index (χ2v) is 6.01. The molecule has 0 spiro atoms. The van der Waals surface area contributed by atoms with Crippen LogP contribution in [0.5, 0.6) is 0 Å². The summed E-state index contributed by atoms with van der Waals surface area (Å²) in [7, 11) is 1.76. The summed E-state index contributed by atoms with van der Waals surface area (Å²) in [5.41, 5.74) is 0.608. The molecule has 1 rings (SSSR count). The highest BCUT2D eigenvalue weighted by atomic mass is 16.4. The fourth-order valence-electron chi connectivity index (χ4n) is 2.99. The molecule has 0 aliphatic heterocycles. The van der Waals surface area contributed by atoms with Gasteiger partial charge in [-0.15, -0.1) is 0 Å². The number of carbonyl (C=O) groups excluding carboxylic acids is 1. The van der Waals surface area contributed by atoms with Crippen LogP contribution in [0.4, 0.5) is 0 Å². The van der Waals surface area contributed by atoms with Crippen molar-refractivity contribution in [3.05, 3.63) is 12.2 Å². The number of likely N-dealkylation sites (N-methyl/N-ethyl adjacent to an activating group) is 1. The number of carboxylic acid groups (broad SMARTS) is 1. The van der Waals surface area contributed by atoms with Gasteiger partial charge in [0.15, 0.2) is 0 Å². The highest BCUT2D eigenvalue weighted by Gasteiger charge is 2.37. The van der Waals surface area contributed by atoms with Crippen LogP contribution in [0.3, 0.4) is 0 Å². The predicted molar refractivity (Wildman–Crippen MR) is 74.8 cm³/mol. The van der Waals surface area contributed by atoms with Gasteiger partial charge in [0.25, 0.3) is 0 Å². The van der Waals surface area contributed by atoms with Crippen LogP contribution in [-0.2, 0) is 9.59 Å². The SMILES string of the molecule is C=C(C)CN(C)C(=O)CC1(CC(=O)O)CCCCC1. The summed E-state index contributed by atoms with van der Waals surface area (Å²) < 4.78 is 0. The first kappa shape index (κ1) is 15.7. The number of aliphatic carboxylic acids is 1. The molecule has 4 heteroatoms. The van der Waals surface area contributed by atoms with Gasteiger partial charge >= 0.3 is 5.97 Å². The Kier molecular flexibility index (Phi) is 5.58. The van der Waals surface area contributed by atoms with Crippen molar-refractivity contribution in [2.45, 2.75) is 51.9 Å². The quantitative estimate of drug-likeness (QED) is 0.753. The predicted octanol–water partition coefficient (Wildman–Crippen LogP) is 2.84. The Balaban J connectivity index is 2.68. The molecule has 0 aromatic carbocycles. The summed E-state index contributed by atoms with van der Waals surface area (Å²) in [4.78, 5) is 24.9. The lowest BCUT2D eigenvalue weighted by Gasteiger charge is -2.36. The maximum absolute atomic E-state index is 12.2. The van der Waals surface area contributed by atoms with Crippen LogP contribution in [0.25, 0.3) is 0 Å². The first-order chi connectivity index (χ1) is 8.84. The van der Waals surface area contributed by atoms with Gasteiger partial charge in [-0.25, -0.2) is 0 Å². The van der Waals surface area contributed by atoms with Crippen molar-refractivity contribution in [1.29, 1.82) is 0 Å². The molecule has 108 valence electrons. The summed E-state index contributed by atoms with van der Waals surface area (Å²) in [5, 5.41) is 9.09. The van der Waals surface area contributed by atoms with Gasteiger partial charge in [0.1, 0.15) is 0 Å². The van der Waals surface area contributed by atoms with Gasteiger partial charge in [-0.2, -0.15) is 0 Å². The summed E-state index contributed by atoms with van der Waals surface area (Å²) in [6.45, 7) is 6.23. The van der Waals surface area contributed by atoms with Crippen LogP contribution >= 0.6 is 0 Å². The Hall–Kier alpha value is -1.32. The molecule has 19 heavy (non-hydrogen) atoms. The maximum atomic E-state index is 12.2. The molecule has 0 bridgehead atoms. The third-order valence-electron chi connectivity index (χ3n) is 3.90. The van der Waals surface area contributed by atoms with Crippen LogP contribution in [-0.4, -0.2) is 35.5 Å². The average Bonchev–Trinajstić information content (AvgIpc) is 2.27. The van der Waals surface area contributed by atoms with E-state index in [0.717, 1.165) is 37.7 Å². The molecule has 1 amide bonds. The molecule has 1 saturated carbocycles. The second kappa shape index (κ2) is 6.73. The number of hydrogen-bond donors (Lipinski definition) is 1. The molecule has 0 unspecified atom stereocenters. The lowest BCUT2D eigenvalue weighted by Crippen LogP contribution is -2.36. The fourth-order valence-corrected chi connectivity index (χ4v) is 2.99. The minimum absolute atomic E-state index is 0.0335. The van der Waals surface area contributed by atoms with E-state index in [9.17, 15) is 9.59 Å². The number of carboxylic acids is 1. The molecule has 1 aliphatic rings. The van der Waals surface area contributed by atoms with Crippen molar-refractivity contribution in [1.82, 2.24) is 4.90 Å². The highest BCUT2D eigenvalue weighted by Crippen LogP contribution is 2.42. The summed E-state index contributed by atoms with van der Waals surface area (Å²) in [6.07, 6.45) is 5.38. The Labute approximate surface area is 115 Å². The summed E-state index contributed by atoms with van der Waals surface area (Å²) >= 11 is 0. The van der Waals surface area contributed by atoms with E-state index in [1.807, 2.05) is 6.92 Å². The Morgan fingerprint density at radius 3 is 2.26 bits per heavy atom.